The minimum Gasteiger partial charge on any atom is -0.493 e. The summed E-state index contributed by atoms with van der Waals surface area (Å²) in [5.41, 5.74) is 3.29. The number of carbonyl (C=O) groups excluding carboxylic acids is 3. The molecule has 3 aromatic carbocycles. The molecule has 0 aliphatic carbocycles. The van der Waals surface area contributed by atoms with Crippen LogP contribution in [-0.4, -0.2) is 36.4 Å². The SMILES string of the molecule is COc1cc(/C=C2/NC(=O)N(CC(=O)Nc3ccc(C)cc3)C2=O)cc(Br)c1OCc1ccc(I)cc1. The molecule has 2 N–H and O–H groups in total. The summed E-state index contributed by atoms with van der Waals surface area (Å²) < 4.78 is 13.2. The van der Waals surface area contributed by atoms with E-state index in [-0.39, 0.29) is 5.70 Å². The second-order valence-electron chi connectivity index (χ2n) is 8.24. The summed E-state index contributed by atoms with van der Waals surface area (Å²) in [7, 11) is 1.52. The summed E-state index contributed by atoms with van der Waals surface area (Å²) >= 11 is 5.75. The van der Waals surface area contributed by atoms with Crippen LogP contribution in [0.25, 0.3) is 6.08 Å². The molecule has 0 bridgehead atoms. The van der Waals surface area contributed by atoms with Gasteiger partial charge in [0.05, 0.1) is 11.6 Å². The van der Waals surface area contributed by atoms with Crippen LogP contribution in [0.4, 0.5) is 10.5 Å². The number of methoxy groups -OCH3 is 1. The van der Waals surface area contributed by atoms with Gasteiger partial charge in [-0.1, -0.05) is 29.8 Å². The van der Waals surface area contributed by atoms with Gasteiger partial charge in [-0.15, -0.1) is 0 Å². The number of rotatable bonds is 8. The molecule has 1 saturated heterocycles. The van der Waals surface area contributed by atoms with E-state index >= 15 is 0 Å². The maximum atomic E-state index is 12.9. The van der Waals surface area contributed by atoms with Gasteiger partial charge in [0.1, 0.15) is 18.8 Å². The molecule has 4 rings (SSSR count). The Bertz CT molecular complexity index is 1370. The molecular weight excluding hydrogens is 653 g/mol. The minimum absolute atomic E-state index is 0.0506. The highest BCUT2D eigenvalue weighted by Gasteiger charge is 2.35. The molecule has 3 aromatic rings. The highest BCUT2D eigenvalue weighted by molar-refractivity contribution is 14.1. The first-order valence-electron chi connectivity index (χ1n) is 11.2. The van der Waals surface area contributed by atoms with E-state index in [1.165, 1.54) is 13.2 Å². The molecule has 8 nitrogen and oxygen atoms in total. The average molecular weight is 676 g/mol. The lowest BCUT2D eigenvalue weighted by Crippen LogP contribution is -2.38. The van der Waals surface area contributed by atoms with Crippen molar-refractivity contribution in [1.29, 1.82) is 0 Å². The number of ether oxygens (including phenoxy) is 2. The van der Waals surface area contributed by atoms with Gasteiger partial charge in [0.15, 0.2) is 11.5 Å². The molecule has 37 heavy (non-hydrogen) atoms. The Kier molecular flexibility index (Phi) is 8.49. The van der Waals surface area contributed by atoms with Crippen molar-refractivity contribution in [2.24, 2.45) is 0 Å². The monoisotopic (exact) mass is 675 g/mol. The van der Waals surface area contributed by atoms with E-state index in [1.54, 1.807) is 24.3 Å². The normalized spacial score (nSPS) is 14.1. The van der Waals surface area contributed by atoms with Gasteiger partial charge >= 0.3 is 6.03 Å². The Morgan fingerprint density at radius 2 is 1.81 bits per heavy atom. The number of benzene rings is 3. The Morgan fingerprint density at radius 3 is 2.49 bits per heavy atom. The summed E-state index contributed by atoms with van der Waals surface area (Å²) in [4.78, 5) is 38.6. The fourth-order valence-electron chi connectivity index (χ4n) is 3.56. The number of nitrogens with zero attached hydrogens (tertiary/aromatic N) is 1. The molecule has 1 aliphatic rings. The van der Waals surface area contributed by atoms with Crippen LogP contribution in [-0.2, 0) is 16.2 Å². The first kappa shape index (κ1) is 26.7. The zero-order chi connectivity index (χ0) is 26.5. The van der Waals surface area contributed by atoms with Crippen LogP contribution in [0, 0.1) is 10.5 Å². The van der Waals surface area contributed by atoms with Crippen LogP contribution in [0.1, 0.15) is 16.7 Å². The number of anilines is 1. The summed E-state index contributed by atoms with van der Waals surface area (Å²) in [5, 5.41) is 5.22. The van der Waals surface area contributed by atoms with Crippen molar-refractivity contribution < 1.29 is 23.9 Å². The van der Waals surface area contributed by atoms with Crippen molar-refractivity contribution in [1.82, 2.24) is 10.2 Å². The van der Waals surface area contributed by atoms with Gasteiger partial charge in [0, 0.05) is 9.26 Å². The Morgan fingerprint density at radius 1 is 1.11 bits per heavy atom. The fourth-order valence-corrected chi connectivity index (χ4v) is 4.50. The topological polar surface area (TPSA) is 97.0 Å². The van der Waals surface area contributed by atoms with Crippen molar-refractivity contribution in [3.63, 3.8) is 0 Å². The molecule has 0 aromatic heterocycles. The first-order valence-corrected chi connectivity index (χ1v) is 13.1. The molecule has 1 heterocycles. The van der Waals surface area contributed by atoms with E-state index < -0.39 is 24.4 Å². The van der Waals surface area contributed by atoms with Crippen LogP contribution in [0.5, 0.6) is 11.5 Å². The Balaban J connectivity index is 1.46. The fraction of sp³-hybridized carbons (Fsp3) is 0.148. The standard InChI is InChI=1S/C27H23BrIN3O5/c1-16-3-9-20(10-4-16)30-24(33)14-32-26(34)22(31-27(32)35)12-18-11-21(28)25(23(13-18)36-2)37-15-17-5-7-19(29)8-6-17/h3-13H,14-15H2,1-2H3,(H,30,33)(H,31,35)/b22-12+. The second kappa shape index (κ2) is 11.8. The van der Waals surface area contributed by atoms with Crippen molar-refractivity contribution in [2.75, 3.05) is 19.0 Å². The lowest BCUT2D eigenvalue weighted by molar-refractivity contribution is -0.127. The quantitative estimate of drug-likeness (QED) is 0.187. The van der Waals surface area contributed by atoms with Crippen LogP contribution in [0.3, 0.4) is 0 Å². The summed E-state index contributed by atoms with van der Waals surface area (Å²) in [6.07, 6.45) is 1.52. The number of halogens is 2. The van der Waals surface area contributed by atoms with Crippen molar-refractivity contribution >= 4 is 68.1 Å². The van der Waals surface area contributed by atoms with E-state index in [0.717, 1.165) is 19.6 Å². The zero-order valence-corrected chi connectivity index (χ0v) is 23.8. The third-order valence-electron chi connectivity index (χ3n) is 5.46. The lowest BCUT2D eigenvalue weighted by atomic mass is 10.1. The van der Waals surface area contributed by atoms with Crippen molar-refractivity contribution in [2.45, 2.75) is 13.5 Å². The number of imide groups is 1. The van der Waals surface area contributed by atoms with E-state index in [0.29, 0.717) is 33.8 Å². The molecule has 4 amide bonds. The summed E-state index contributed by atoms with van der Waals surface area (Å²) in [6.45, 7) is 1.88. The Hall–Kier alpha value is -3.38. The number of carbonyl (C=O) groups is 3. The molecular formula is C27H23BrIN3O5. The van der Waals surface area contributed by atoms with Crippen LogP contribution >= 0.6 is 38.5 Å². The molecule has 1 aliphatic heterocycles. The number of urea groups is 1. The summed E-state index contributed by atoms with van der Waals surface area (Å²) in [5.74, 6) is -0.108. The maximum absolute atomic E-state index is 12.9. The van der Waals surface area contributed by atoms with Gasteiger partial charge < -0.3 is 20.1 Å². The second-order valence-corrected chi connectivity index (χ2v) is 10.3. The molecule has 0 spiro atoms. The molecule has 0 saturated carbocycles. The smallest absolute Gasteiger partial charge is 0.329 e. The van der Waals surface area contributed by atoms with Crippen LogP contribution < -0.4 is 20.1 Å². The van der Waals surface area contributed by atoms with Gasteiger partial charge in [-0.05, 0) is 99.0 Å². The first-order chi connectivity index (χ1) is 17.7. The number of nitrogens with one attached hydrogen (secondary N) is 2. The zero-order valence-electron chi connectivity index (χ0n) is 20.0. The minimum atomic E-state index is -0.668. The van der Waals surface area contributed by atoms with E-state index in [4.69, 9.17) is 9.47 Å². The highest BCUT2D eigenvalue weighted by Crippen LogP contribution is 2.38. The maximum Gasteiger partial charge on any atom is 0.329 e. The average Bonchev–Trinajstić information content (AvgIpc) is 3.12. The van der Waals surface area contributed by atoms with Crippen molar-refractivity contribution in [3.8, 4) is 11.5 Å². The van der Waals surface area contributed by atoms with E-state index in [9.17, 15) is 14.4 Å². The lowest BCUT2D eigenvalue weighted by Gasteiger charge is -2.14. The van der Waals surface area contributed by atoms with Crippen LogP contribution in [0.15, 0.2) is 70.8 Å². The number of aryl methyl sites for hydroxylation is 1. The third-order valence-corrected chi connectivity index (χ3v) is 6.77. The van der Waals surface area contributed by atoms with Gasteiger partial charge in [0.25, 0.3) is 5.91 Å². The van der Waals surface area contributed by atoms with Crippen molar-refractivity contribution in [3.05, 3.63) is 91.1 Å². The predicted octanol–water partition coefficient (Wildman–Crippen LogP) is 5.48. The molecule has 0 unspecified atom stereocenters. The predicted molar refractivity (Wildman–Crippen MR) is 152 cm³/mol. The largest absolute Gasteiger partial charge is 0.493 e. The molecule has 0 radical (unpaired) electrons. The molecule has 10 heteroatoms. The molecule has 1 fully saturated rings. The van der Waals surface area contributed by atoms with Gasteiger partial charge in [-0.25, -0.2) is 9.69 Å². The van der Waals surface area contributed by atoms with Gasteiger partial charge in [-0.2, -0.15) is 0 Å². The molecule has 190 valence electrons. The number of hydrogen-bond acceptors (Lipinski definition) is 5. The third kappa shape index (κ3) is 6.69. The highest BCUT2D eigenvalue weighted by atomic mass is 127. The number of amides is 4. The van der Waals surface area contributed by atoms with Gasteiger partial charge in [-0.3, -0.25) is 9.59 Å². The van der Waals surface area contributed by atoms with E-state index in [1.807, 2.05) is 43.3 Å². The Labute approximate surface area is 236 Å². The molecule has 0 atom stereocenters. The number of hydrogen-bond donors (Lipinski definition) is 2. The van der Waals surface area contributed by atoms with E-state index in [2.05, 4.69) is 49.2 Å². The summed E-state index contributed by atoms with van der Waals surface area (Å²) in [6, 6.07) is 18.0. The van der Waals surface area contributed by atoms with Gasteiger partial charge in [0.2, 0.25) is 5.91 Å². The van der Waals surface area contributed by atoms with Crippen LogP contribution in [0.2, 0.25) is 0 Å².